The summed E-state index contributed by atoms with van der Waals surface area (Å²) in [4.78, 5) is 24.1. The molecule has 0 saturated carbocycles. The third kappa shape index (κ3) is 5.37. The Morgan fingerprint density at radius 1 is 1.19 bits per heavy atom. The van der Waals surface area contributed by atoms with Crippen LogP contribution in [0.3, 0.4) is 0 Å². The van der Waals surface area contributed by atoms with Crippen molar-refractivity contribution in [1.29, 1.82) is 0 Å². The monoisotopic (exact) mass is 441 g/mol. The van der Waals surface area contributed by atoms with E-state index in [1.807, 2.05) is 6.92 Å². The summed E-state index contributed by atoms with van der Waals surface area (Å²) in [5.41, 5.74) is 0.789. The van der Waals surface area contributed by atoms with Crippen LogP contribution in [0.2, 0.25) is 5.02 Å². The van der Waals surface area contributed by atoms with E-state index in [-0.39, 0.29) is 5.56 Å². The van der Waals surface area contributed by atoms with Gasteiger partial charge in [0.05, 0.1) is 23.8 Å². The van der Waals surface area contributed by atoms with Crippen LogP contribution in [0, 0.1) is 0 Å². The second-order valence-corrected chi connectivity index (χ2v) is 6.34. The van der Waals surface area contributed by atoms with Gasteiger partial charge in [-0.2, -0.15) is 0 Å². The molecule has 1 N–H and O–H groups in total. The Hall–Kier alpha value is -2.25. The first-order chi connectivity index (χ1) is 12.4. The summed E-state index contributed by atoms with van der Waals surface area (Å²) in [6.07, 6.45) is 0. The van der Waals surface area contributed by atoms with Gasteiger partial charge in [0.2, 0.25) is 0 Å². The van der Waals surface area contributed by atoms with Crippen molar-refractivity contribution in [3.05, 3.63) is 51.5 Å². The molecular formula is C18H17BrClNO5. The van der Waals surface area contributed by atoms with E-state index in [0.717, 1.165) is 0 Å². The number of ether oxygens (including phenoxy) is 3. The van der Waals surface area contributed by atoms with E-state index in [9.17, 15) is 9.59 Å². The van der Waals surface area contributed by atoms with Crippen molar-refractivity contribution in [2.24, 2.45) is 0 Å². The van der Waals surface area contributed by atoms with Gasteiger partial charge in [-0.05, 0) is 59.3 Å². The largest absolute Gasteiger partial charge is 0.493 e. The number of carbonyl (C=O) groups excluding carboxylic acids is 2. The van der Waals surface area contributed by atoms with Crippen molar-refractivity contribution >= 4 is 45.1 Å². The van der Waals surface area contributed by atoms with E-state index in [2.05, 4.69) is 21.2 Å². The van der Waals surface area contributed by atoms with Gasteiger partial charge in [0.15, 0.2) is 18.1 Å². The maximum absolute atomic E-state index is 12.2. The number of hydrogen-bond donors (Lipinski definition) is 1. The lowest BCUT2D eigenvalue weighted by molar-refractivity contribution is -0.119. The predicted octanol–water partition coefficient (Wildman–Crippen LogP) is 4.31. The van der Waals surface area contributed by atoms with Crippen LogP contribution < -0.4 is 14.8 Å². The zero-order chi connectivity index (χ0) is 19.1. The van der Waals surface area contributed by atoms with E-state index in [0.29, 0.717) is 33.3 Å². The number of hydrogen-bond acceptors (Lipinski definition) is 5. The molecule has 0 unspecified atom stereocenters. The number of esters is 1. The standard InChI is InChI=1S/C18H17BrClNO5/c1-3-25-17-14(19)8-11(9-15(17)24-2)18(23)26-10-16(22)21-13-6-4-12(20)5-7-13/h4-9H,3,10H2,1-2H3,(H,21,22). The Morgan fingerprint density at radius 3 is 2.50 bits per heavy atom. The number of carbonyl (C=O) groups is 2. The van der Waals surface area contributed by atoms with Gasteiger partial charge in [0.25, 0.3) is 5.91 Å². The van der Waals surface area contributed by atoms with E-state index in [1.165, 1.54) is 13.2 Å². The molecule has 0 aliphatic heterocycles. The Labute approximate surface area is 164 Å². The van der Waals surface area contributed by atoms with Crippen LogP contribution in [-0.4, -0.2) is 32.2 Å². The lowest BCUT2D eigenvalue weighted by Gasteiger charge is -2.13. The number of amides is 1. The van der Waals surface area contributed by atoms with Gasteiger partial charge in [-0.15, -0.1) is 0 Å². The topological polar surface area (TPSA) is 73.9 Å². The highest BCUT2D eigenvalue weighted by Crippen LogP contribution is 2.36. The van der Waals surface area contributed by atoms with Gasteiger partial charge in [0, 0.05) is 10.7 Å². The fourth-order valence-corrected chi connectivity index (χ4v) is 2.75. The molecule has 6 nitrogen and oxygen atoms in total. The first kappa shape index (κ1) is 20.1. The smallest absolute Gasteiger partial charge is 0.338 e. The van der Waals surface area contributed by atoms with Gasteiger partial charge >= 0.3 is 5.97 Å². The second-order valence-electron chi connectivity index (χ2n) is 5.05. The molecule has 0 atom stereocenters. The molecule has 8 heteroatoms. The average molecular weight is 443 g/mol. The predicted molar refractivity (Wildman–Crippen MR) is 102 cm³/mol. The van der Waals surface area contributed by atoms with Gasteiger partial charge in [-0.1, -0.05) is 11.6 Å². The molecule has 138 valence electrons. The van der Waals surface area contributed by atoms with Crippen molar-refractivity contribution < 1.29 is 23.8 Å². The lowest BCUT2D eigenvalue weighted by Crippen LogP contribution is -2.21. The number of rotatable bonds is 7. The summed E-state index contributed by atoms with van der Waals surface area (Å²) in [5.74, 6) is -0.234. The minimum atomic E-state index is -0.654. The van der Waals surface area contributed by atoms with E-state index < -0.39 is 18.5 Å². The molecule has 0 aromatic heterocycles. The molecule has 2 rings (SSSR count). The summed E-state index contributed by atoms with van der Waals surface area (Å²) in [6, 6.07) is 9.63. The van der Waals surface area contributed by atoms with Crippen molar-refractivity contribution in [2.75, 3.05) is 25.6 Å². The SMILES string of the molecule is CCOc1c(Br)cc(C(=O)OCC(=O)Nc2ccc(Cl)cc2)cc1OC. The highest BCUT2D eigenvalue weighted by Gasteiger charge is 2.17. The van der Waals surface area contributed by atoms with Gasteiger partial charge in [-0.3, -0.25) is 4.79 Å². The first-order valence-corrected chi connectivity index (χ1v) is 8.84. The molecule has 0 radical (unpaired) electrons. The van der Waals surface area contributed by atoms with Crippen molar-refractivity contribution in [3.8, 4) is 11.5 Å². The van der Waals surface area contributed by atoms with Crippen LogP contribution in [0.1, 0.15) is 17.3 Å². The molecule has 1 amide bonds. The Bertz CT molecular complexity index is 795. The number of nitrogens with one attached hydrogen (secondary N) is 1. The van der Waals surface area contributed by atoms with Crippen LogP contribution in [0.25, 0.3) is 0 Å². The molecule has 2 aromatic rings. The maximum Gasteiger partial charge on any atom is 0.338 e. The minimum absolute atomic E-state index is 0.233. The third-order valence-corrected chi connectivity index (χ3v) is 4.06. The zero-order valence-electron chi connectivity index (χ0n) is 14.2. The van der Waals surface area contributed by atoms with E-state index in [4.69, 9.17) is 25.8 Å². The van der Waals surface area contributed by atoms with Gasteiger partial charge in [-0.25, -0.2) is 4.79 Å². The number of halogens is 2. The summed E-state index contributed by atoms with van der Waals surface area (Å²) in [7, 11) is 1.47. The molecule has 0 fully saturated rings. The Balaban J connectivity index is 1.99. The normalized spacial score (nSPS) is 10.2. The zero-order valence-corrected chi connectivity index (χ0v) is 16.5. The molecule has 0 saturated heterocycles. The van der Waals surface area contributed by atoms with Crippen molar-refractivity contribution in [3.63, 3.8) is 0 Å². The minimum Gasteiger partial charge on any atom is -0.493 e. The Morgan fingerprint density at radius 2 is 1.88 bits per heavy atom. The van der Waals surface area contributed by atoms with Gasteiger partial charge < -0.3 is 19.5 Å². The summed E-state index contributed by atoms with van der Waals surface area (Å²) < 4.78 is 16.3. The highest BCUT2D eigenvalue weighted by molar-refractivity contribution is 9.10. The Kier molecular flexibility index (Phi) is 7.29. The molecule has 26 heavy (non-hydrogen) atoms. The molecular weight excluding hydrogens is 426 g/mol. The number of anilines is 1. The number of benzene rings is 2. The maximum atomic E-state index is 12.2. The third-order valence-electron chi connectivity index (χ3n) is 3.22. The first-order valence-electron chi connectivity index (χ1n) is 7.67. The quantitative estimate of drug-likeness (QED) is 0.647. The fourth-order valence-electron chi connectivity index (χ4n) is 2.07. The molecule has 0 aliphatic rings. The summed E-state index contributed by atoms with van der Waals surface area (Å²) >= 11 is 9.12. The van der Waals surface area contributed by atoms with E-state index >= 15 is 0 Å². The number of methoxy groups -OCH3 is 1. The van der Waals surface area contributed by atoms with Crippen LogP contribution >= 0.6 is 27.5 Å². The highest BCUT2D eigenvalue weighted by atomic mass is 79.9. The molecule has 0 heterocycles. The fraction of sp³-hybridized carbons (Fsp3) is 0.222. The second kappa shape index (κ2) is 9.45. The van der Waals surface area contributed by atoms with Crippen LogP contribution in [-0.2, 0) is 9.53 Å². The summed E-state index contributed by atoms with van der Waals surface area (Å²) in [6.45, 7) is 1.87. The lowest BCUT2D eigenvalue weighted by atomic mass is 10.2. The molecule has 0 bridgehead atoms. The molecule has 0 spiro atoms. The molecule has 2 aromatic carbocycles. The van der Waals surface area contributed by atoms with Crippen molar-refractivity contribution in [1.82, 2.24) is 0 Å². The van der Waals surface area contributed by atoms with Crippen LogP contribution in [0.15, 0.2) is 40.9 Å². The average Bonchev–Trinajstić information content (AvgIpc) is 2.63. The van der Waals surface area contributed by atoms with Crippen LogP contribution in [0.4, 0.5) is 5.69 Å². The van der Waals surface area contributed by atoms with Gasteiger partial charge in [0.1, 0.15) is 0 Å². The van der Waals surface area contributed by atoms with Crippen LogP contribution in [0.5, 0.6) is 11.5 Å². The van der Waals surface area contributed by atoms with E-state index in [1.54, 1.807) is 30.3 Å². The molecule has 0 aliphatic carbocycles. The summed E-state index contributed by atoms with van der Waals surface area (Å²) in [5, 5.41) is 3.17. The van der Waals surface area contributed by atoms with Crippen molar-refractivity contribution in [2.45, 2.75) is 6.92 Å².